The average molecular weight is 484 g/mol. The van der Waals surface area contributed by atoms with E-state index in [2.05, 4.69) is 10.4 Å². The van der Waals surface area contributed by atoms with Gasteiger partial charge in [-0.25, -0.2) is 0 Å². The predicted octanol–water partition coefficient (Wildman–Crippen LogP) is 6.59. The Labute approximate surface area is 202 Å². The van der Waals surface area contributed by atoms with Crippen LogP contribution in [0, 0.1) is 20.8 Å². The van der Waals surface area contributed by atoms with Crippen LogP contribution in [-0.2, 0) is 13.2 Å². The Hall–Kier alpha value is -3.22. The number of aromatic nitrogens is 2. The van der Waals surface area contributed by atoms with Crippen molar-refractivity contribution >= 4 is 34.9 Å². The number of nitrogens with one attached hydrogen (secondary N) is 1. The maximum atomic E-state index is 12.7. The molecule has 8 heteroatoms. The zero-order chi connectivity index (χ0) is 23.5. The molecule has 0 unspecified atom stereocenters. The van der Waals surface area contributed by atoms with Crippen molar-refractivity contribution in [3.63, 3.8) is 0 Å². The molecule has 0 atom stereocenters. The van der Waals surface area contributed by atoms with Gasteiger partial charge in [-0.05, 0) is 62.2 Å². The lowest BCUT2D eigenvalue weighted by atomic mass is 10.1. The molecule has 0 aliphatic rings. The van der Waals surface area contributed by atoms with Gasteiger partial charge in [0.05, 0.1) is 6.54 Å². The van der Waals surface area contributed by atoms with Crippen molar-refractivity contribution in [2.24, 2.45) is 0 Å². The van der Waals surface area contributed by atoms with Gasteiger partial charge in [-0.1, -0.05) is 41.4 Å². The first kappa shape index (κ1) is 23.0. The number of nitrogens with zero attached hydrogens (tertiary/aromatic N) is 2. The van der Waals surface area contributed by atoms with Crippen molar-refractivity contribution in [3.05, 3.63) is 98.5 Å². The lowest BCUT2D eigenvalue weighted by Crippen LogP contribution is -2.12. The zero-order valence-corrected chi connectivity index (χ0v) is 20.0. The second-order valence-corrected chi connectivity index (χ2v) is 8.62. The topological polar surface area (TPSA) is 69.3 Å². The number of carbonyl (C=O) groups excluding carboxylic acids is 1. The summed E-state index contributed by atoms with van der Waals surface area (Å²) in [5.41, 5.74) is 3.77. The maximum Gasteiger partial charge on any atom is 0.292 e. The van der Waals surface area contributed by atoms with Gasteiger partial charge >= 0.3 is 0 Å². The number of carbonyl (C=O) groups is 1. The van der Waals surface area contributed by atoms with Crippen molar-refractivity contribution in [1.29, 1.82) is 0 Å². The fourth-order valence-electron chi connectivity index (χ4n) is 3.33. The molecule has 2 aromatic carbocycles. The number of benzene rings is 2. The van der Waals surface area contributed by atoms with E-state index in [0.717, 1.165) is 28.1 Å². The molecule has 0 aliphatic heterocycles. The predicted molar refractivity (Wildman–Crippen MR) is 129 cm³/mol. The molecule has 0 bridgehead atoms. The highest BCUT2D eigenvalue weighted by molar-refractivity contribution is 6.35. The molecule has 0 spiro atoms. The van der Waals surface area contributed by atoms with Crippen LogP contribution in [0.2, 0.25) is 10.0 Å². The summed E-state index contributed by atoms with van der Waals surface area (Å²) in [6.07, 6.45) is 0. The van der Waals surface area contributed by atoms with Gasteiger partial charge in [0.15, 0.2) is 11.6 Å². The molecule has 1 amide bonds. The van der Waals surface area contributed by atoms with E-state index < -0.39 is 5.91 Å². The number of hydrogen-bond donors (Lipinski definition) is 1. The third-order valence-electron chi connectivity index (χ3n) is 5.19. The molecule has 2 aromatic heterocycles. The second-order valence-electron chi connectivity index (χ2n) is 7.81. The molecule has 6 nitrogen and oxygen atoms in total. The number of rotatable bonds is 7. The maximum absolute atomic E-state index is 12.7. The van der Waals surface area contributed by atoms with Crippen LogP contribution >= 0.6 is 23.2 Å². The standard InChI is InChI=1S/C25H23Cl2N3O3/c1-15-7-8-16(2)23(11-15)32-14-18-9-10-22(33-18)25(31)28-24-12-17(3)30(29-24)13-19-20(26)5-4-6-21(19)27/h4-12H,13-14H2,1-3H3,(H,28,29,31). The number of furan rings is 1. The van der Waals surface area contributed by atoms with Crippen LogP contribution in [0.25, 0.3) is 0 Å². The summed E-state index contributed by atoms with van der Waals surface area (Å²) in [5.74, 6) is 1.53. The third-order valence-corrected chi connectivity index (χ3v) is 5.90. The molecule has 33 heavy (non-hydrogen) atoms. The molecule has 1 N–H and O–H groups in total. The van der Waals surface area contributed by atoms with Crippen molar-refractivity contribution in [2.45, 2.75) is 33.9 Å². The molecular formula is C25H23Cl2N3O3. The summed E-state index contributed by atoms with van der Waals surface area (Å²) in [6.45, 7) is 6.50. The van der Waals surface area contributed by atoms with Crippen molar-refractivity contribution in [1.82, 2.24) is 9.78 Å². The minimum absolute atomic E-state index is 0.177. The Morgan fingerprint density at radius 2 is 1.82 bits per heavy atom. The summed E-state index contributed by atoms with van der Waals surface area (Å²) in [7, 11) is 0. The Kier molecular flexibility index (Phi) is 6.77. The highest BCUT2D eigenvalue weighted by Gasteiger charge is 2.16. The van der Waals surface area contributed by atoms with E-state index in [4.69, 9.17) is 32.4 Å². The van der Waals surface area contributed by atoms with Crippen LogP contribution in [0.3, 0.4) is 0 Å². The van der Waals surface area contributed by atoms with E-state index in [1.54, 1.807) is 41.1 Å². The molecule has 0 saturated carbocycles. The van der Waals surface area contributed by atoms with Crippen LogP contribution in [0.4, 0.5) is 5.82 Å². The monoisotopic (exact) mass is 483 g/mol. The van der Waals surface area contributed by atoms with Crippen LogP contribution in [0.15, 0.2) is 59.0 Å². The Morgan fingerprint density at radius 1 is 1.06 bits per heavy atom. The van der Waals surface area contributed by atoms with Crippen LogP contribution in [-0.4, -0.2) is 15.7 Å². The molecular weight excluding hydrogens is 461 g/mol. The average Bonchev–Trinajstić information content (AvgIpc) is 3.38. The zero-order valence-electron chi connectivity index (χ0n) is 18.5. The van der Waals surface area contributed by atoms with E-state index >= 15 is 0 Å². The van der Waals surface area contributed by atoms with Gasteiger partial charge in [-0.3, -0.25) is 9.48 Å². The van der Waals surface area contributed by atoms with Gasteiger partial charge in [0, 0.05) is 27.4 Å². The lowest BCUT2D eigenvalue weighted by Gasteiger charge is -2.08. The summed E-state index contributed by atoms with van der Waals surface area (Å²) in [4.78, 5) is 12.7. The van der Waals surface area contributed by atoms with Crippen molar-refractivity contribution in [2.75, 3.05) is 5.32 Å². The van der Waals surface area contributed by atoms with Gasteiger partial charge in [0.2, 0.25) is 0 Å². The minimum Gasteiger partial charge on any atom is -0.485 e. The molecule has 0 fully saturated rings. The summed E-state index contributed by atoms with van der Waals surface area (Å²) in [5, 5.41) is 8.35. The van der Waals surface area contributed by atoms with Gasteiger partial charge < -0.3 is 14.5 Å². The van der Waals surface area contributed by atoms with E-state index in [1.807, 2.05) is 39.0 Å². The summed E-state index contributed by atoms with van der Waals surface area (Å²) < 4.78 is 13.2. The molecule has 0 saturated heterocycles. The van der Waals surface area contributed by atoms with E-state index in [9.17, 15) is 4.79 Å². The number of hydrogen-bond acceptors (Lipinski definition) is 4. The van der Waals surface area contributed by atoms with Gasteiger partial charge in [0.25, 0.3) is 5.91 Å². The van der Waals surface area contributed by atoms with Gasteiger partial charge in [-0.15, -0.1) is 0 Å². The SMILES string of the molecule is Cc1ccc(C)c(OCc2ccc(C(=O)Nc3cc(C)n(Cc4c(Cl)cccc4Cl)n3)o2)c1. The fourth-order valence-corrected chi connectivity index (χ4v) is 3.85. The first-order valence-electron chi connectivity index (χ1n) is 10.4. The number of amides is 1. The molecule has 2 heterocycles. The van der Waals surface area contributed by atoms with Crippen molar-refractivity contribution < 1.29 is 13.9 Å². The first-order valence-corrected chi connectivity index (χ1v) is 11.1. The smallest absolute Gasteiger partial charge is 0.292 e. The minimum atomic E-state index is -0.395. The number of ether oxygens (including phenoxy) is 1. The van der Waals surface area contributed by atoms with Crippen molar-refractivity contribution in [3.8, 4) is 5.75 Å². The highest BCUT2D eigenvalue weighted by Crippen LogP contribution is 2.26. The van der Waals surface area contributed by atoms with Crippen LogP contribution in [0.1, 0.15) is 38.7 Å². The Balaban J connectivity index is 1.40. The van der Waals surface area contributed by atoms with Crippen LogP contribution in [0.5, 0.6) is 5.75 Å². The second kappa shape index (κ2) is 9.73. The number of aryl methyl sites for hydroxylation is 3. The number of anilines is 1. The fraction of sp³-hybridized carbons (Fsp3) is 0.200. The Morgan fingerprint density at radius 3 is 2.58 bits per heavy atom. The van der Waals surface area contributed by atoms with Crippen LogP contribution < -0.4 is 10.1 Å². The van der Waals surface area contributed by atoms with Gasteiger partial charge in [-0.2, -0.15) is 5.10 Å². The number of halogens is 2. The third kappa shape index (κ3) is 5.41. The molecule has 4 aromatic rings. The van der Waals surface area contributed by atoms with E-state index in [0.29, 0.717) is 28.2 Å². The molecule has 0 aliphatic carbocycles. The quantitative estimate of drug-likeness (QED) is 0.321. The summed E-state index contributed by atoms with van der Waals surface area (Å²) >= 11 is 12.5. The lowest BCUT2D eigenvalue weighted by molar-refractivity contribution is 0.0992. The highest BCUT2D eigenvalue weighted by atomic mass is 35.5. The molecule has 170 valence electrons. The first-order chi connectivity index (χ1) is 15.8. The molecule has 0 radical (unpaired) electrons. The largest absolute Gasteiger partial charge is 0.485 e. The van der Waals surface area contributed by atoms with Gasteiger partial charge in [0.1, 0.15) is 18.1 Å². The molecule has 4 rings (SSSR count). The van der Waals surface area contributed by atoms with E-state index in [1.165, 1.54) is 0 Å². The Bertz CT molecular complexity index is 1290. The van der Waals surface area contributed by atoms with E-state index in [-0.39, 0.29) is 12.4 Å². The summed E-state index contributed by atoms with van der Waals surface area (Å²) in [6, 6.07) is 16.5. The normalized spacial score (nSPS) is 10.9.